The third-order valence-electron chi connectivity index (χ3n) is 4.59. The fourth-order valence-corrected chi connectivity index (χ4v) is 3.41. The Bertz CT molecular complexity index is 516. The van der Waals surface area contributed by atoms with Crippen molar-refractivity contribution in [3.05, 3.63) is 18.0 Å². The summed E-state index contributed by atoms with van der Waals surface area (Å²) in [4.78, 5) is 16.8. The maximum atomic E-state index is 12.5. The zero-order valence-electron chi connectivity index (χ0n) is 13.6. The lowest BCUT2D eigenvalue weighted by Crippen LogP contribution is -2.49. The van der Waals surface area contributed by atoms with E-state index in [1.54, 1.807) is 0 Å². The molecule has 6 heteroatoms. The van der Waals surface area contributed by atoms with Crippen LogP contribution in [0.4, 0.5) is 0 Å². The minimum atomic E-state index is 0.152. The molecule has 1 aromatic rings. The molecule has 3 heterocycles. The molecule has 0 N–H and O–H groups in total. The summed E-state index contributed by atoms with van der Waals surface area (Å²) in [5.74, 6) is 0.235. The van der Waals surface area contributed by atoms with Gasteiger partial charge in [0.05, 0.1) is 32.0 Å². The molecule has 3 rings (SSSR count). The molecule has 2 atom stereocenters. The monoisotopic (exact) mass is 306 g/mol. The number of aryl methyl sites for hydroxylation is 1. The van der Waals surface area contributed by atoms with Crippen LogP contribution in [-0.2, 0) is 16.1 Å². The van der Waals surface area contributed by atoms with Gasteiger partial charge in [-0.3, -0.25) is 14.4 Å². The maximum Gasteiger partial charge on any atom is 0.236 e. The second-order valence-electron chi connectivity index (χ2n) is 6.53. The molecule has 6 nitrogen and oxygen atoms in total. The standard InChI is InChI=1S/C16H26N4O2/c1-13-8-17-20(9-13)11-15-4-3-5-18(15)12-16(21)19-6-7-22-14(2)10-19/h8-9,14-15H,3-7,10-12H2,1-2H3/t14-,15+/m0/s1. The highest BCUT2D eigenvalue weighted by Gasteiger charge is 2.29. The number of amides is 1. The van der Waals surface area contributed by atoms with Gasteiger partial charge in [0, 0.05) is 25.3 Å². The fraction of sp³-hybridized carbons (Fsp3) is 0.750. The molecule has 0 unspecified atom stereocenters. The molecule has 1 aromatic heterocycles. The number of carbonyl (C=O) groups is 1. The van der Waals surface area contributed by atoms with Gasteiger partial charge >= 0.3 is 0 Å². The number of carbonyl (C=O) groups excluding carboxylic acids is 1. The van der Waals surface area contributed by atoms with Gasteiger partial charge in [-0.05, 0) is 38.8 Å². The number of likely N-dealkylation sites (tertiary alicyclic amines) is 1. The van der Waals surface area contributed by atoms with E-state index in [2.05, 4.69) is 23.1 Å². The van der Waals surface area contributed by atoms with Crippen molar-refractivity contribution in [1.82, 2.24) is 19.6 Å². The van der Waals surface area contributed by atoms with Crippen LogP contribution in [0.5, 0.6) is 0 Å². The zero-order chi connectivity index (χ0) is 15.5. The summed E-state index contributed by atoms with van der Waals surface area (Å²) < 4.78 is 7.51. The minimum absolute atomic E-state index is 0.152. The largest absolute Gasteiger partial charge is 0.375 e. The first-order chi connectivity index (χ1) is 10.6. The molecule has 1 amide bonds. The van der Waals surface area contributed by atoms with Crippen molar-refractivity contribution in [2.45, 2.75) is 45.4 Å². The number of aromatic nitrogens is 2. The van der Waals surface area contributed by atoms with Crippen LogP contribution >= 0.6 is 0 Å². The van der Waals surface area contributed by atoms with Crippen molar-refractivity contribution >= 4 is 5.91 Å². The molecular weight excluding hydrogens is 280 g/mol. The molecule has 0 aromatic carbocycles. The number of rotatable bonds is 4. The SMILES string of the molecule is Cc1cnn(C[C@H]2CCCN2CC(=O)N2CCO[C@@H](C)C2)c1. The lowest BCUT2D eigenvalue weighted by Gasteiger charge is -2.33. The van der Waals surface area contributed by atoms with E-state index in [0.29, 0.717) is 19.2 Å². The normalized spacial score (nSPS) is 26.5. The Labute approximate surface area is 132 Å². The predicted molar refractivity (Wildman–Crippen MR) is 83.6 cm³/mol. The average Bonchev–Trinajstić information content (AvgIpc) is 3.09. The minimum Gasteiger partial charge on any atom is -0.375 e. The third kappa shape index (κ3) is 3.67. The van der Waals surface area contributed by atoms with Crippen LogP contribution in [-0.4, -0.2) is 70.4 Å². The lowest BCUT2D eigenvalue weighted by atomic mass is 10.2. The van der Waals surface area contributed by atoms with E-state index < -0.39 is 0 Å². The number of nitrogens with zero attached hydrogens (tertiary/aromatic N) is 4. The molecule has 2 aliphatic heterocycles. The van der Waals surface area contributed by atoms with Gasteiger partial charge in [0.1, 0.15) is 0 Å². The van der Waals surface area contributed by atoms with Gasteiger partial charge in [0.2, 0.25) is 5.91 Å². The zero-order valence-corrected chi connectivity index (χ0v) is 13.6. The van der Waals surface area contributed by atoms with E-state index in [1.165, 1.54) is 5.56 Å². The molecule has 0 aliphatic carbocycles. The summed E-state index contributed by atoms with van der Waals surface area (Å²) >= 11 is 0. The Hall–Kier alpha value is -1.40. The molecule has 122 valence electrons. The van der Waals surface area contributed by atoms with Crippen molar-refractivity contribution in [3.63, 3.8) is 0 Å². The van der Waals surface area contributed by atoms with Gasteiger partial charge in [0.15, 0.2) is 0 Å². The van der Waals surface area contributed by atoms with Crippen molar-refractivity contribution in [2.24, 2.45) is 0 Å². The molecule has 0 radical (unpaired) electrons. The summed E-state index contributed by atoms with van der Waals surface area (Å²) in [5.41, 5.74) is 1.18. The molecule has 0 bridgehead atoms. The van der Waals surface area contributed by atoms with E-state index in [4.69, 9.17) is 4.74 Å². The molecule has 2 fully saturated rings. The number of hydrogen-bond acceptors (Lipinski definition) is 4. The highest BCUT2D eigenvalue weighted by Crippen LogP contribution is 2.19. The highest BCUT2D eigenvalue weighted by molar-refractivity contribution is 5.78. The van der Waals surface area contributed by atoms with Gasteiger partial charge in [-0.1, -0.05) is 0 Å². The van der Waals surface area contributed by atoms with Crippen molar-refractivity contribution < 1.29 is 9.53 Å². The smallest absolute Gasteiger partial charge is 0.236 e. The van der Waals surface area contributed by atoms with E-state index in [1.807, 2.05) is 22.7 Å². The van der Waals surface area contributed by atoms with Crippen molar-refractivity contribution in [3.8, 4) is 0 Å². The quantitative estimate of drug-likeness (QED) is 0.829. The van der Waals surface area contributed by atoms with Crippen molar-refractivity contribution in [1.29, 1.82) is 0 Å². The summed E-state index contributed by atoms with van der Waals surface area (Å²) in [6.07, 6.45) is 6.42. The van der Waals surface area contributed by atoms with Gasteiger partial charge in [-0.2, -0.15) is 5.10 Å². The highest BCUT2D eigenvalue weighted by atomic mass is 16.5. The second kappa shape index (κ2) is 6.79. The van der Waals surface area contributed by atoms with Gasteiger partial charge in [-0.25, -0.2) is 0 Å². The topological polar surface area (TPSA) is 50.6 Å². The first kappa shape index (κ1) is 15.5. The first-order valence-corrected chi connectivity index (χ1v) is 8.24. The number of morpholine rings is 1. The summed E-state index contributed by atoms with van der Waals surface area (Å²) in [6.45, 7) is 8.59. The Morgan fingerprint density at radius 2 is 2.32 bits per heavy atom. The fourth-order valence-electron chi connectivity index (χ4n) is 3.41. The molecular formula is C16H26N4O2. The van der Waals surface area contributed by atoms with Gasteiger partial charge in [-0.15, -0.1) is 0 Å². The molecule has 2 aliphatic rings. The Balaban J connectivity index is 1.55. The van der Waals surface area contributed by atoms with Crippen LogP contribution in [0, 0.1) is 6.92 Å². The van der Waals surface area contributed by atoms with E-state index in [-0.39, 0.29) is 12.0 Å². The number of ether oxygens (including phenoxy) is 1. The van der Waals surface area contributed by atoms with Crippen molar-refractivity contribution in [2.75, 3.05) is 32.8 Å². The summed E-state index contributed by atoms with van der Waals surface area (Å²) in [7, 11) is 0. The molecule has 0 spiro atoms. The Morgan fingerprint density at radius 1 is 1.45 bits per heavy atom. The van der Waals surface area contributed by atoms with E-state index in [0.717, 1.165) is 39.0 Å². The molecule has 2 saturated heterocycles. The molecule has 22 heavy (non-hydrogen) atoms. The predicted octanol–water partition coefficient (Wildman–Crippen LogP) is 0.903. The van der Waals surface area contributed by atoms with Crippen LogP contribution in [0.2, 0.25) is 0 Å². The van der Waals surface area contributed by atoms with Gasteiger partial charge < -0.3 is 9.64 Å². The maximum absolute atomic E-state index is 12.5. The Kier molecular flexibility index (Phi) is 4.78. The van der Waals surface area contributed by atoms with Crippen LogP contribution < -0.4 is 0 Å². The lowest BCUT2D eigenvalue weighted by molar-refractivity contribution is -0.139. The Morgan fingerprint density at radius 3 is 3.05 bits per heavy atom. The summed E-state index contributed by atoms with van der Waals surface area (Å²) in [6, 6.07) is 0.418. The van der Waals surface area contributed by atoms with Crippen LogP contribution in [0.15, 0.2) is 12.4 Å². The average molecular weight is 306 g/mol. The van der Waals surface area contributed by atoms with Crippen LogP contribution in [0.1, 0.15) is 25.3 Å². The first-order valence-electron chi connectivity index (χ1n) is 8.24. The van der Waals surface area contributed by atoms with Gasteiger partial charge in [0.25, 0.3) is 0 Å². The summed E-state index contributed by atoms with van der Waals surface area (Å²) in [5, 5.41) is 4.37. The van der Waals surface area contributed by atoms with E-state index in [9.17, 15) is 4.79 Å². The second-order valence-corrected chi connectivity index (χ2v) is 6.53. The molecule has 0 saturated carbocycles. The number of hydrogen-bond donors (Lipinski definition) is 0. The van der Waals surface area contributed by atoms with Crippen LogP contribution in [0.25, 0.3) is 0 Å². The third-order valence-corrected chi connectivity index (χ3v) is 4.59. The van der Waals surface area contributed by atoms with Crippen LogP contribution in [0.3, 0.4) is 0 Å². The van der Waals surface area contributed by atoms with E-state index >= 15 is 0 Å².